The first-order valence-electron chi connectivity index (χ1n) is 7.38. The van der Waals surface area contributed by atoms with Crippen LogP contribution in [-0.4, -0.2) is 24.2 Å². The van der Waals surface area contributed by atoms with E-state index in [0.29, 0.717) is 13.2 Å². The standard InChI is InChI=1S/C17H19N3O2/c1-12-4-3-5-16(18-12)19-13(2)14-6-8-15(9-7-14)20-10-11-22-17(20)21/h3-9,13H,10-11H2,1-2H3,(H,18,19)/t13-/m0/s1. The number of cyclic esters (lactones) is 1. The zero-order chi connectivity index (χ0) is 15.5. The lowest BCUT2D eigenvalue weighted by Crippen LogP contribution is -2.23. The Bertz CT molecular complexity index is 670. The predicted molar refractivity (Wildman–Crippen MR) is 86.1 cm³/mol. The lowest BCUT2D eigenvalue weighted by Gasteiger charge is -2.17. The van der Waals surface area contributed by atoms with Gasteiger partial charge >= 0.3 is 6.09 Å². The van der Waals surface area contributed by atoms with Gasteiger partial charge in [-0.2, -0.15) is 0 Å². The van der Waals surface area contributed by atoms with Crippen LogP contribution in [0.5, 0.6) is 0 Å². The first-order valence-corrected chi connectivity index (χ1v) is 7.38. The molecule has 1 aliphatic heterocycles. The van der Waals surface area contributed by atoms with Gasteiger partial charge in [0.15, 0.2) is 0 Å². The largest absolute Gasteiger partial charge is 0.447 e. The molecule has 1 amide bonds. The van der Waals surface area contributed by atoms with Gasteiger partial charge in [0.25, 0.3) is 0 Å². The number of nitrogens with one attached hydrogen (secondary N) is 1. The summed E-state index contributed by atoms with van der Waals surface area (Å²) in [5.74, 6) is 0.861. The van der Waals surface area contributed by atoms with Crippen molar-refractivity contribution >= 4 is 17.6 Å². The highest BCUT2D eigenvalue weighted by molar-refractivity contribution is 5.89. The second-order valence-electron chi connectivity index (χ2n) is 5.39. The van der Waals surface area contributed by atoms with Gasteiger partial charge in [0.05, 0.1) is 6.54 Å². The normalized spacial score (nSPS) is 15.5. The van der Waals surface area contributed by atoms with E-state index in [1.165, 1.54) is 0 Å². The van der Waals surface area contributed by atoms with Crippen LogP contribution in [0.25, 0.3) is 0 Å². The van der Waals surface area contributed by atoms with E-state index in [1.54, 1.807) is 4.90 Å². The van der Waals surface area contributed by atoms with Crippen molar-refractivity contribution in [2.45, 2.75) is 19.9 Å². The summed E-state index contributed by atoms with van der Waals surface area (Å²) in [5.41, 5.74) is 2.99. The summed E-state index contributed by atoms with van der Waals surface area (Å²) in [6.45, 7) is 5.12. The molecule has 0 saturated carbocycles. The number of hydrogen-bond acceptors (Lipinski definition) is 4. The molecule has 0 aliphatic carbocycles. The Kier molecular flexibility index (Phi) is 3.96. The summed E-state index contributed by atoms with van der Waals surface area (Å²) < 4.78 is 4.95. The Balaban J connectivity index is 1.70. The molecular formula is C17H19N3O2. The summed E-state index contributed by atoms with van der Waals surface area (Å²) >= 11 is 0. The fourth-order valence-electron chi connectivity index (χ4n) is 2.50. The van der Waals surface area contributed by atoms with E-state index in [0.717, 1.165) is 22.8 Å². The van der Waals surface area contributed by atoms with Gasteiger partial charge in [-0.1, -0.05) is 18.2 Å². The lowest BCUT2D eigenvalue weighted by molar-refractivity contribution is 0.181. The highest BCUT2D eigenvalue weighted by Crippen LogP contribution is 2.23. The van der Waals surface area contributed by atoms with Crippen LogP contribution in [0.4, 0.5) is 16.3 Å². The predicted octanol–water partition coefficient (Wildman–Crippen LogP) is 3.52. The topological polar surface area (TPSA) is 54.5 Å². The van der Waals surface area contributed by atoms with Crippen LogP contribution in [0.3, 0.4) is 0 Å². The SMILES string of the molecule is Cc1cccc(N[C@@H](C)c2ccc(N3CCOC3=O)cc2)n1. The highest BCUT2D eigenvalue weighted by Gasteiger charge is 2.23. The Hall–Kier alpha value is -2.56. The number of aryl methyl sites for hydroxylation is 1. The van der Waals surface area contributed by atoms with Gasteiger partial charge in [-0.05, 0) is 43.7 Å². The molecule has 114 valence electrons. The molecule has 1 fully saturated rings. The Morgan fingerprint density at radius 1 is 1.23 bits per heavy atom. The average Bonchev–Trinajstić information content (AvgIpc) is 2.93. The van der Waals surface area contributed by atoms with Crippen molar-refractivity contribution in [1.29, 1.82) is 0 Å². The van der Waals surface area contributed by atoms with Crippen molar-refractivity contribution in [1.82, 2.24) is 4.98 Å². The molecule has 1 atom stereocenters. The minimum Gasteiger partial charge on any atom is -0.447 e. The lowest BCUT2D eigenvalue weighted by atomic mass is 10.1. The molecule has 0 radical (unpaired) electrons. The Labute approximate surface area is 129 Å². The summed E-state index contributed by atoms with van der Waals surface area (Å²) in [7, 11) is 0. The van der Waals surface area contributed by atoms with Gasteiger partial charge in [-0.3, -0.25) is 4.90 Å². The van der Waals surface area contributed by atoms with Crippen molar-refractivity contribution in [2.75, 3.05) is 23.4 Å². The highest BCUT2D eigenvalue weighted by atomic mass is 16.6. The molecule has 1 saturated heterocycles. The molecule has 1 aromatic carbocycles. The average molecular weight is 297 g/mol. The Morgan fingerprint density at radius 2 is 2.00 bits per heavy atom. The summed E-state index contributed by atoms with van der Waals surface area (Å²) in [6, 6.07) is 14.0. The third kappa shape index (κ3) is 3.03. The second-order valence-corrected chi connectivity index (χ2v) is 5.39. The number of aromatic nitrogens is 1. The van der Waals surface area contributed by atoms with Crippen LogP contribution in [0.15, 0.2) is 42.5 Å². The molecule has 0 bridgehead atoms. The van der Waals surface area contributed by atoms with E-state index in [9.17, 15) is 4.79 Å². The van der Waals surface area contributed by atoms with E-state index < -0.39 is 0 Å². The number of anilines is 2. The molecule has 0 spiro atoms. The van der Waals surface area contributed by atoms with Gasteiger partial charge in [0.1, 0.15) is 12.4 Å². The maximum atomic E-state index is 11.5. The monoisotopic (exact) mass is 297 g/mol. The van der Waals surface area contributed by atoms with E-state index in [1.807, 2.05) is 49.4 Å². The van der Waals surface area contributed by atoms with E-state index in [4.69, 9.17) is 4.74 Å². The minimum absolute atomic E-state index is 0.133. The maximum absolute atomic E-state index is 11.5. The zero-order valence-electron chi connectivity index (χ0n) is 12.7. The molecule has 1 aromatic heterocycles. The molecule has 0 unspecified atom stereocenters. The number of carbonyl (C=O) groups excluding carboxylic acids is 1. The smallest absolute Gasteiger partial charge is 0.414 e. The van der Waals surface area contributed by atoms with E-state index >= 15 is 0 Å². The Morgan fingerprint density at radius 3 is 2.64 bits per heavy atom. The number of amides is 1. The van der Waals surface area contributed by atoms with E-state index in [2.05, 4.69) is 17.2 Å². The van der Waals surface area contributed by atoms with Crippen LogP contribution in [0.2, 0.25) is 0 Å². The van der Waals surface area contributed by atoms with Gasteiger partial charge < -0.3 is 10.1 Å². The van der Waals surface area contributed by atoms with E-state index in [-0.39, 0.29) is 12.1 Å². The number of carbonyl (C=O) groups is 1. The number of ether oxygens (including phenoxy) is 1. The number of nitrogens with zero attached hydrogens (tertiary/aromatic N) is 2. The fraction of sp³-hybridized carbons (Fsp3) is 0.294. The molecule has 3 rings (SSSR count). The quantitative estimate of drug-likeness (QED) is 0.938. The molecule has 2 heterocycles. The van der Waals surface area contributed by atoms with Gasteiger partial charge in [-0.15, -0.1) is 0 Å². The third-order valence-corrected chi connectivity index (χ3v) is 3.72. The van der Waals surface area contributed by atoms with Crippen molar-refractivity contribution in [3.05, 3.63) is 53.7 Å². The molecule has 22 heavy (non-hydrogen) atoms. The van der Waals surface area contributed by atoms with Crippen molar-refractivity contribution < 1.29 is 9.53 Å². The minimum atomic E-state index is -0.275. The number of benzene rings is 1. The van der Waals surface area contributed by atoms with Crippen LogP contribution < -0.4 is 10.2 Å². The van der Waals surface area contributed by atoms with Gasteiger partial charge in [0, 0.05) is 17.4 Å². The van der Waals surface area contributed by atoms with Crippen LogP contribution >= 0.6 is 0 Å². The first kappa shape index (κ1) is 14.4. The van der Waals surface area contributed by atoms with Gasteiger partial charge in [0.2, 0.25) is 0 Å². The van der Waals surface area contributed by atoms with Crippen LogP contribution in [0, 0.1) is 6.92 Å². The molecule has 5 nitrogen and oxygen atoms in total. The zero-order valence-corrected chi connectivity index (χ0v) is 12.7. The van der Waals surface area contributed by atoms with Crippen molar-refractivity contribution in [3.8, 4) is 0 Å². The van der Waals surface area contributed by atoms with Gasteiger partial charge in [-0.25, -0.2) is 9.78 Å². The molecule has 5 heteroatoms. The van der Waals surface area contributed by atoms with Crippen LogP contribution in [-0.2, 0) is 4.74 Å². The summed E-state index contributed by atoms with van der Waals surface area (Å²) in [6.07, 6.45) is -0.275. The number of rotatable bonds is 4. The van der Waals surface area contributed by atoms with Crippen molar-refractivity contribution in [3.63, 3.8) is 0 Å². The van der Waals surface area contributed by atoms with Crippen molar-refractivity contribution in [2.24, 2.45) is 0 Å². The molecule has 1 aliphatic rings. The molecular weight excluding hydrogens is 278 g/mol. The molecule has 1 N–H and O–H groups in total. The fourth-order valence-corrected chi connectivity index (χ4v) is 2.50. The summed E-state index contributed by atoms with van der Waals surface area (Å²) in [5, 5.41) is 3.38. The van der Waals surface area contributed by atoms with Crippen LogP contribution in [0.1, 0.15) is 24.2 Å². The maximum Gasteiger partial charge on any atom is 0.414 e. The number of pyridine rings is 1. The number of hydrogen-bond donors (Lipinski definition) is 1. The first-order chi connectivity index (χ1) is 10.6. The summed E-state index contributed by atoms with van der Waals surface area (Å²) in [4.78, 5) is 17.6. The molecule has 2 aromatic rings. The third-order valence-electron chi connectivity index (χ3n) is 3.72. The second kappa shape index (κ2) is 6.05.